The minimum Gasteiger partial charge on any atom is -0.384 e. The van der Waals surface area contributed by atoms with Gasteiger partial charge < -0.3 is 22.2 Å². The lowest BCUT2D eigenvalue weighted by Crippen LogP contribution is -2.01. The van der Waals surface area contributed by atoms with Crippen LogP contribution >= 0.6 is 0 Å². The van der Waals surface area contributed by atoms with Crippen molar-refractivity contribution in [1.82, 2.24) is 19.9 Å². The molecule has 0 spiro atoms. The molecule has 0 atom stereocenters. The van der Waals surface area contributed by atoms with E-state index in [9.17, 15) is 0 Å². The second kappa shape index (κ2) is 3.59. The summed E-state index contributed by atoms with van der Waals surface area (Å²) in [7, 11) is 0. The number of hydrogen-bond acceptors (Lipinski definition) is 6. The van der Waals surface area contributed by atoms with Crippen LogP contribution in [0.4, 0.5) is 17.6 Å². The molecule has 0 aliphatic heterocycles. The quantitative estimate of drug-likeness (QED) is 0.497. The Balaban J connectivity index is 2.33. The monoisotopic (exact) mass is 241 g/mol. The van der Waals surface area contributed by atoms with Crippen molar-refractivity contribution in [2.24, 2.45) is 0 Å². The van der Waals surface area contributed by atoms with Gasteiger partial charge in [0.2, 0.25) is 5.95 Å². The Labute approximate surface area is 102 Å². The average Bonchev–Trinajstić information content (AvgIpc) is 2.74. The molecular formula is C11H11N7. The summed E-state index contributed by atoms with van der Waals surface area (Å²) in [6, 6.07) is 5.28. The molecule has 18 heavy (non-hydrogen) atoms. The van der Waals surface area contributed by atoms with Crippen molar-refractivity contribution >= 4 is 28.6 Å². The molecule has 7 nitrogen and oxygen atoms in total. The van der Waals surface area contributed by atoms with Crippen LogP contribution < -0.4 is 17.2 Å². The first-order valence-electron chi connectivity index (χ1n) is 5.27. The Hall–Kier alpha value is -2.83. The largest absolute Gasteiger partial charge is 0.384 e. The van der Waals surface area contributed by atoms with Gasteiger partial charge in [0.25, 0.3) is 0 Å². The van der Waals surface area contributed by atoms with Crippen LogP contribution in [0, 0.1) is 0 Å². The predicted molar refractivity (Wildman–Crippen MR) is 70.4 cm³/mol. The van der Waals surface area contributed by atoms with Crippen LogP contribution in [0.3, 0.4) is 0 Å². The lowest BCUT2D eigenvalue weighted by Gasteiger charge is -2.05. The number of anilines is 3. The number of nitrogens with zero attached hydrogens (tertiary/aromatic N) is 3. The van der Waals surface area contributed by atoms with E-state index in [0.717, 1.165) is 10.9 Å². The number of fused-ring (bicyclic) bond motifs is 1. The van der Waals surface area contributed by atoms with E-state index in [1.165, 1.54) is 0 Å². The van der Waals surface area contributed by atoms with Crippen LogP contribution in [0.1, 0.15) is 0 Å². The third-order valence-electron chi connectivity index (χ3n) is 2.59. The van der Waals surface area contributed by atoms with Gasteiger partial charge >= 0.3 is 0 Å². The zero-order valence-corrected chi connectivity index (χ0v) is 9.38. The molecule has 3 aromatic heterocycles. The highest BCUT2D eigenvalue weighted by atomic mass is 15.0. The van der Waals surface area contributed by atoms with E-state index in [-0.39, 0.29) is 5.95 Å². The van der Waals surface area contributed by atoms with Crippen LogP contribution in [-0.2, 0) is 0 Å². The molecule has 0 saturated heterocycles. The summed E-state index contributed by atoms with van der Waals surface area (Å²) in [6.07, 6.45) is 1.79. The molecular weight excluding hydrogens is 230 g/mol. The Kier molecular flexibility index (Phi) is 2.06. The summed E-state index contributed by atoms with van der Waals surface area (Å²) >= 11 is 0. The highest BCUT2D eigenvalue weighted by Crippen LogP contribution is 2.28. The second-order valence-electron chi connectivity index (χ2n) is 3.87. The maximum atomic E-state index is 5.76. The minimum absolute atomic E-state index is 0.129. The molecule has 0 bridgehead atoms. The van der Waals surface area contributed by atoms with Crippen LogP contribution in [0.2, 0.25) is 0 Å². The van der Waals surface area contributed by atoms with Crippen LogP contribution in [0.15, 0.2) is 24.4 Å². The van der Waals surface area contributed by atoms with E-state index in [0.29, 0.717) is 23.0 Å². The summed E-state index contributed by atoms with van der Waals surface area (Å²) in [5.74, 6) is 0.844. The fourth-order valence-corrected chi connectivity index (χ4v) is 1.89. The van der Waals surface area contributed by atoms with Crippen molar-refractivity contribution in [3.63, 3.8) is 0 Å². The average molecular weight is 241 g/mol. The number of aromatic amines is 1. The van der Waals surface area contributed by atoms with E-state index in [4.69, 9.17) is 17.2 Å². The number of nitrogens with two attached hydrogens (primary N) is 3. The van der Waals surface area contributed by atoms with Gasteiger partial charge in [-0.2, -0.15) is 4.98 Å². The van der Waals surface area contributed by atoms with Crippen molar-refractivity contribution in [3.8, 4) is 11.3 Å². The van der Waals surface area contributed by atoms with Crippen molar-refractivity contribution < 1.29 is 0 Å². The topological polar surface area (TPSA) is 133 Å². The molecule has 0 amide bonds. The molecule has 3 heterocycles. The van der Waals surface area contributed by atoms with E-state index in [2.05, 4.69) is 19.9 Å². The number of pyridine rings is 1. The molecule has 90 valence electrons. The normalized spacial score (nSPS) is 10.9. The molecule has 7 N–H and O–H groups in total. The highest BCUT2D eigenvalue weighted by Gasteiger charge is 2.10. The Morgan fingerprint density at radius 3 is 2.50 bits per heavy atom. The first-order chi connectivity index (χ1) is 8.63. The number of aromatic nitrogens is 4. The van der Waals surface area contributed by atoms with Crippen LogP contribution in [0.25, 0.3) is 22.3 Å². The summed E-state index contributed by atoms with van der Waals surface area (Å²) in [5.41, 5.74) is 19.2. The molecule has 3 rings (SSSR count). The fraction of sp³-hybridized carbons (Fsp3) is 0. The van der Waals surface area contributed by atoms with Crippen molar-refractivity contribution in [3.05, 3.63) is 24.4 Å². The number of hydrogen-bond donors (Lipinski definition) is 4. The SMILES string of the molecule is Nc1cc(-c2cc(N)nc3[nH]ccc23)nc(N)n1. The smallest absolute Gasteiger partial charge is 0.222 e. The Morgan fingerprint density at radius 2 is 1.72 bits per heavy atom. The molecule has 0 unspecified atom stereocenters. The molecule has 0 saturated carbocycles. The number of H-pyrrole nitrogens is 1. The van der Waals surface area contributed by atoms with Gasteiger partial charge in [0, 0.05) is 23.2 Å². The van der Waals surface area contributed by atoms with Gasteiger partial charge in [-0.3, -0.25) is 0 Å². The van der Waals surface area contributed by atoms with Gasteiger partial charge in [0.15, 0.2) is 0 Å². The zero-order valence-electron chi connectivity index (χ0n) is 9.38. The molecule has 0 aromatic carbocycles. The van der Waals surface area contributed by atoms with E-state index in [1.54, 1.807) is 18.3 Å². The predicted octanol–water partition coefficient (Wildman–Crippen LogP) is 0.766. The van der Waals surface area contributed by atoms with E-state index >= 15 is 0 Å². The molecule has 0 fully saturated rings. The highest BCUT2D eigenvalue weighted by molar-refractivity contribution is 5.93. The maximum absolute atomic E-state index is 5.76. The van der Waals surface area contributed by atoms with E-state index < -0.39 is 0 Å². The van der Waals surface area contributed by atoms with Crippen molar-refractivity contribution in [2.75, 3.05) is 17.2 Å². The summed E-state index contributed by atoms with van der Waals surface area (Å²) in [4.78, 5) is 15.2. The maximum Gasteiger partial charge on any atom is 0.222 e. The summed E-state index contributed by atoms with van der Waals surface area (Å²) < 4.78 is 0. The Bertz CT molecular complexity index is 711. The van der Waals surface area contributed by atoms with Gasteiger partial charge in [-0.25, -0.2) is 9.97 Å². The van der Waals surface area contributed by atoms with Gasteiger partial charge in [0.05, 0.1) is 5.69 Å². The van der Waals surface area contributed by atoms with Gasteiger partial charge in [-0.15, -0.1) is 0 Å². The van der Waals surface area contributed by atoms with E-state index in [1.807, 2.05) is 6.07 Å². The molecule has 0 aliphatic rings. The van der Waals surface area contributed by atoms with Crippen LogP contribution in [-0.4, -0.2) is 19.9 Å². The summed E-state index contributed by atoms with van der Waals surface area (Å²) in [5, 5.41) is 0.904. The first-order valence-corrected chi connectivity index (χ1v) is 5.27. The summed E-state index contributed by atoms with van der Waals surface area (Å²) in [6.45, 7) is 0. The third kappa shape index (κ3) is 1.58. The van der Waals surface area contributed by atoms with Crippen LogP contribution in [0.5, 0.6) is 0 Å². The Morgan fingerprint density at radius 1 is 0.944 bits per heavy atom. The zero-order chi connectivity index (χ0) is 12.7. The number of rotatable bonds is 1. The lowest BCUT2D eigenvalue weighted by molar-refractivity contribution is 1.20. The van der Waals surface area contributed by atoms with Crippen molar-refractivity contribution in [1.29, 1.82) is 0 Å². The third-order valence-corrected chi connectivity index (χ3v) is 2.59. The minimum atomic E-state index is 0.129. The van der Waals surface area contributed by atoms with Gasteiger partial charge in [-0.1, -0.05) is 0 Å². The van der Waals surface area contributed by atoms with Gasteiger partial charge in [0.1, 0.15) is 17.3 Å². The number of nitrogens with one attached hydrogen (secondary N) is 1. The van der Waals surface area contributed by atoms with Crippen molar-refractivity contribution in [2.45, 2.75) is 0 Å². The molecule has 0 aliphatic carbocycles. The molecule has 7 heteroatoms. The number of nitrogen functional groups attached to an aromatic ring is 3. The standard InChI is InChI=1S/C11H11N7/c12-8-3-6(5-1-2-15-10(5)17-8)7-4-9(13)18-11(14)16-7/h1-4H,(H3,12,15,17)(H4,13,14,16,18). The first kappa shape index (κ1) is 10.3. The second-order valence-corrected chi connectivity index (χ2v) is 3.87. The fourth-order valence-electron chi connectivity index (χ4n) is 1.89. The molecule has 0 radical (unpaired) electrons. The molecule has 3 aromatic rings. The van der Waals surface area contributed by atoms with Gasteiger partial charge in [-0.05, 0) is 12.1 Å². The lowest BCUT2D eigenvalue weighted by atomic mass is 10.1.